The number of methoxy groups -OCH3 is 1. The van der Waals surface area contributed by atoms with E-state index in [1.54, 1.807) is 36.1 Å². The van der Waals surface area contributed by atoms with Crippen LogP contribution < -0.4 is 15.4 Å². The molecule has 0 aliphatic carbocycles. The molecule has 192 valence electrons. The average molecular weight is 492 g/mol. The Morgan fingerprint density at radius 3 is 2.39 bits per heavy atom. The Bertz CT molecular complexity index is 1180. The van der Waals surface area contributed by atoms with Gasteiger partial charge in [-0.25, -0.2) is 9.48 Å². The normalized spacial score (nSPS) is 11.2. The Morgan fingerprint density at radius 1 is 1.06 bits per heavy atom. The smallest absolute Gasteiger partial charge is 0.322 e. The van der Waals surface area contributed by atoms with Crippen molar-refractivity contribution in [3.05, 3.63) is 65.9 Å². The molecule has 0 unspecified atom stereocenters. The van der Waals surface area contributed by atoms with Gasteiger partial charge in [-0.15, -0.1) is 0 Å². The van der Waals surface area contributed by atoms with E-state index in [1.807, 2.05) is 44.2 Å². The van der Waals surface area contributed by atoms with E-state index >= 15 is 0 Å². The summed E-state index contributed by atoms with van der Waals surface area (Å²) in [4.78, 5) is 27.7. The SMILES string of the molecule is CCCCN(CC(=O)Nc1cc(C(C)(C)C)nn1-c1cccc(C)c1)C(=O)Nc1ccc(OC)cc1. The Kier molecular flexibility index (Phi) is 8.74. The van der Waals surface area contributed by atoms with Gasteiger partial charge in [-0.3, -0.25) is 4.79 Å². The molecule has 36 heavy (non-hydrogen) atoms. The van der Waals surface area contributed by atoms with Crippen molar-refractivity contribution < 1.29 is 14.3 Å². The number of nitrogens with one attached hydrogen (secondary N) is 2. The van der Waals surface area contributed by atoms with Crippen molar-refractivity contribution in [2.75, 3.05) is 30.8 Å². The fourth-order valence-electron chi connectivity index (χ4n) is 3.63. The van der Waals surface area contributed by atoms with Gasteiger partial charge in [0.25, 0.3) is 0 Å². The molecule has 3 rings (SSSR count). The van der Waals surface area contributed by atoms with Gasteiger partial charge in [0, 0.05) is 23.7 Å². The van der Waals surface area contributed by atoms with Crippen molar-refractivity contribution in [1.82, 2.24) is 14.7 Å². The van der Waals surface area contributed by atoms with Gasteiger partial charge in [-0.05, 0) is 55.3 Å². The van der Waals surface area contributed by atoms with E-state index in [9.17, 15) is 9.59 Å². The van der Waals surface area contributed by atoms with Crippen molar-refractivity contribution in [1.29, 1.82) is 0 Å². The predicted molar refractivity (Wildman–Crippen MR) is 144 cm³/mol. The summed E-state index contributed by atoms with van der Waals surface area (Å²) < 4.78 is 6.92. The number of nitrogens with zero attached hydrogens (tertiary/aromatic N) is 3. The zero-order valence-electron chi connectivity index (χ0n) is 22.1. The van der Waals surface area contributed by atoms with Crippen LogP contribution >= 0.6 is 0 Å². The van der Waals surface area contributed by atoms with Crippen LogP contribution in [0.25, 0.3) is 5.69 Å². The number of rotatable bonds is 9. The highest BCUT2D eigenvalue weighted by Gasteiger charge is 2.23. The van der Waals surface area contributed by atoms with E-state index in [0.717, 1.165) is 29.8 Å². The molecule has 3 aromatic rings. The van der Waals surface area contributed by atoms with Crippen LogP contribution in [-0.4, -0.2) is 46.8 Å². The van der Waals surface area contributed by atoms with Crippen LogP contribution in [0, 0.1) is 6.92 Å². The third kappa shape index (κ3) is 7.10. The maximum absolute atomic E-state index is 13.1. The van der Waals surface area contributed by atoms with Crippen molar-refractivity contribution >= 4 is 23.4 Å². The summed E-state index contributed by atoms with van der Waals surface area (Å²) in [6.07, 6.45) is 1.70. The summed E-state index contributed by atoms with van der Waals surface area (Å²) in [5.74, 6) is 0.988. The Balaban J connectivity index is 1.79. The summed E-state index contributed by atoms with van der Waals surface area (Å²) in [6, 6.07) is 16.6. The summed E-state index contributed by atoms with van der Waals surface area (Å²) in [7, 11) is 1.59. The molecule has 0 saturated carbocycles. The Morgan fingerprint density at radius 2 is 1.78 bits per heavy atom. The van der Waals surface area contributed by atoms with Gasteiger partial charge in [-0.1, -0.05) is 46.2 Å². The maximum Gasteiger partial charge on any atom is 0.322 e. The van der Waals surface area contributed by atoms with Gasteiger partial charge in [0.2, 0.25) is 5.91 Å². The number of carbonyl (C=O) groups is 2. The number of aromatic nitrogens is 2. The lowest BCUT2D eigenvalue weighted by Gasteiger charge is -2.22. The molecule has 0 fully saturated rings. The Labute approximate surface area is 213 Å². The molecular formula is C28H37N5O3. The lowest BCUT2D eigenvalue weighted by molar-refractivity contribution is -0.116. The number of benzene rings is 2. The maximum atomic E-state index is 13.1. The zero-order valence-corrected chi connectivity index (χ0v) is 22.1. The number of unbranched alkanes of at least 4 members (excludes halogenated alkanes) is 1. The number of ether oxygens (including phenoxy) is 1. The van der Waals surface area contributed by atoms with Crippen LogP contribution in [0.2, 0.25) is 0 Å². The molecule has 3 amide bonds. The number of aryl methyl sites for hydroxylation is 1. The highest BCUT2D eigenvalue weighted by Crippen LogP contribution is 2.26. The highest BCUT2D eigenvalue weighted by atomic mass is 16.5. The van der Waals surface area contributed by atoms with Crippen molar-refractivity contribution in [3.63, 3.8) is 0 Å². The molecule has 1 heterocycles. The first-order chi connectivity index (χ1) is 17.1. The van der Waals surface area contributed by atoms with E-state index in [-0.39, 0.29) is 23.9 Å². The van der Waals surface area contributed by atoms with Crippen LogP contribution in [0.3, 0.4) is 0 Å². The molecule has 0 saturated heterocycles. The molecule has 1 aromatic heterocycles. The van der Waals surface area contributed by atoms with Crippen LogP contribution in [0.4, 0.5) is 16.3 Å². The fourth-order valence-corrected chi connectivity index (χ4v) is 3.63. The minimum atomic E-state index is -0.327. The van der Waals surface area contributed by atoms with Crippen molar-refractivity contribution in [3.8, 4) is 11.4 Å². The minimum absolute atomic E-state index is 0.0775. The van der Waals surface area contributed by atoms with Gasteiger partial charge < -0.3 is 20.3 Å². The van der Waals surface area contributed by atoms with Gasteiger partial charge in [0.05, 0.1) is 18.5 Å². The van der Waals surface area contributed by atoms with E-state index in [2.05, 4.69) is 31.4 Å². The second-order valence-corrected chi connectivity index (χ2v) is 9.90. The van der Waals surface area contributed by atoms with Gasteiger partial charge in [-0.2, -0.15) is 5.10 Å². The van der Waals surface area contributed by atoms with E-state index in [1.165, 1.54) is 4.90 Å². The number of amides is 3. The Hall–Kier alpha value is -3.81. The molecule has 0 atom stereocenters. The fraction of sp³-hybridized carbons (Fsp3) is 0.393. The number of anilines is 2. The van der Waals surface area contributed by atoms with Crippen molar-refractivity contribution in [2.45, 2.75) is 52.9 Å². The first-order valence-corrected chi connectivity index (χ1v) is 12.3. The highest BCUT2D eigenvalue weighted by molar-refractivity contribution is 5.96. The van der Waals surface area contributed by atoms with Crippen LogP contribution in [-0.2, 0) is 10.2 Å². The monoisotopic (exact) mass is 491 g/mol. The second kappa shape index (κ2) is 11.7. The van der Waals surface area contributed by atoms with Gasteiger partial charge in [0.1, 0.15) is 18.1 Å². The molecular weight excluding hydrogens is 454 g/mol. The molecule has 2 aromatic carbocycles. The number of hydrogen-bond donors (Lipinski definition) is 2. The minimum Gasteiger partial charge on any atom is -0.497 e. The second-order valence-electron chi connectivity index (χ2n) is 9.90. The quantitative estimate of drug-likeness (QED) is 0.398. The van der Waals surface area contributed by atoms with Crippen LogP contribution in [0.15, 0.2) is 54.6 Å². The zero-order chi connectivity index (χ0) is 26.3. The largest absolute Gasteiger partial charge is 0.497 e. The molecule has 0 aliphatic rings. The van der Waals surface area contributed by atoms with Crippen molar-refractivity contribution in [2.24, 2.45) is 0 Å². The van der Waals surface area contributed by atoms with Crippen LogP contribution in [0.1, 0.15) is 51.8 Å². The van der Waals surface area contributed by atoms with Gasteiger partial charge >= 0.3 is 6.03 Å². The van der Waals surface area contributed by atoms with E-state index in [4.69, 9.17) is 9.84 Å². The molecule has 0 spiro atoms. The summed E-state index contributed by atoms with van der Waals surface area (Å²) >= 11 is 0. The average Bonchev–Trinajstić information content (AvgIpc) is 3.26. The van der Waals surface area contributed by atoms with E-state index in [0.29, 0.717) is 23.8 Å². The topological polar surface area (TPSA) is 88.5 Å². The molecule has 0 bridgehead atoms. The molecule has 8 heteroatoms. The first-order valence-electron chi connectivity index (χ1n) is 12.3. The summed E-state index contributed by atoms with van der Waals surface area (Å²) in [6.45, 7) is 10.7. The standard InChI is InChI=1S/C28H37N5O3/c1-7-8-16-32(27(35)29-21-12-14-23(36-6)15-13-21)19-26(34)30-25-18-24(28(3,4)5)31-33(25)22-11-9-10-20(2)17-22/h9-15,17-18H,7-8,16,19H2,1-6H3,(H,29,35)(H,30,34). The van der Waals surface area contributed by atoms with E-state index < -0.39 is 0 Å². The third-order valence-corrected chi connectivity index (χ3v) is 5.74. The van der Waals surface area contributed by atoms with Gasteiger partial charge in [0.15, 0.2) is 0 Å². The summed E-state index contributed by atoms with van der Waals surface area (Å²) in [5, 5.41) is 10.6. The first kappa shape index (κ1) is 26.8. The number of carbonyl (C=O) groups excluding carboxylic acids is 2. The summed E-state index contributed by atoms with van der Waals surface area (Å²) in [5.41, 5.74) is 3.26. The molecule has 0 aliphatic heterocycles. The molecule has 8 nitrogen and oxygen atoms in total. The third-order valence-electron chi connectivity index (χ3n) is 5.74. The van der Waals surface area contributed by atoms with Crippen LogP contribution in [0.5, 0.6) is 5.75 Å². The molecule has 2 N–H and O–H groups in total. The lowest BCUT2D eigenvalue weighted by atomic mass is 9.92. The molecule has 0 radical (unpaired) electrons. The predicted octanol–water partition coefficient (Wildman–Crippen LogP) is 5.76. The lowest BCUT2D eigenvalue weighted by Crippen LogP contribution is -2.41. The number of hydrogen-bond acceptors (Lipinski definition) is 4. The number of urea groups is 1.